The lowest BCUT2D eigenvalue weighted by Crippen LogP contribution is -2.43. The summed E-state index contributed by atoms with van der Waals surface area (Å²) >= 11 is 0. The van der Waals surface area contributed by atoms with E-state index in [4.69, 9.17) is 9.47 Å². The molecule has 158 valence electrons. The number of aliphatic imine (C=N–C) groups is 1. The summed E-state index contributed by atoms with van der Waals surface area (Å²) in [6, 6.07) is 6.20. The van der Waals surface area contributed by atoms with Gasteiger partial charge in [-0.2, -0.15) is 0 Å². The summed E-state index contributed by atoms with van der Waals surface area (Å²) in [5, 5.41) is 6.74. The van der Waals surface area contributed by atoms with Gasteiger partial charge in [0.15, 0.2) is 5.96 Å². The maximum absolute atomic E-state index is 13.3. The highest BCUT2D eigenvalue weighted by molar-refractivity contribution is 5.79. The molecular weight excluding hydrogens is 359 g/mol. The summed E-state index contributed by atoms with van der Waals surface area (Å²) < 4.78 is 24.2. The minimum absolute atomic E-state index is 0.138. The summed E-state index contributed by atoms with van der Waals surface area (Å²) in [6.45, 7) is 10.3. The molecule has 0 radical (unpaired) electrons. The third-order valence-corrected chi connectivity index (χ3v) is 4.86. The number of piperidine rings is 1. The highest BCUT2D eigenvalue weighted by Crippen LogP contribution is 2.16. The molecule has 1 fully saturated rings. The first kappa shape index (κ1) is 22.4. The lowest BCUT2D eigenvalue weighted by Gasteiger charge is -2.32. The Labute approximate surface area is 168 Å². The Bertz CT molecular complexity index is 592. The van der Waals surface area contributed by atoms with Crippen molar-refractivity contribution in [2.75, 3.05) is 53.0 Å². The molecule has 2 N–H and O–H groups in total. The Morgan fingerprint density at radius 1 is 1.32 bits per heavy atom. The number of ether oxygens (including phenoxy) is 2. The number of hydrogen-bond donors (Lipinski definition) is 2. The van der Waals surface area contributed by atoms with Gasteiger partial charge in [0.2, 0.25) is 0 Å². The van der Waals surface area contributed by atoms with Gasteiger partial charge in [0, 0.05) is 32.8 Å². The minimum atomic E-state index is -0.295. The molecule has 1 aliphatic heterocycles. The van der Waals surface area contributed by atoms with Crippen LogP contribution in [0.4, 0.5) is 4.39 Å². The van der Waals surface area contributed by atoms with Gasteiger partial charge in [-0.15, -0.1) is 0 Å². The number of benzene rings is 1. The van der Waals surface area contributed by atoms with Gasteiger partial charge < -0.3 is 25.0 Å². The summed E-state index contributed by atoms with van der Waals surface area (Å²) in [5.74, 6) is 1.69. The molecule has 1 aromatic rings. The largest absolute Gasteiger partial charge is 0.489 e. The van der Waals surface area contributed by atoms with Crippen LogP contribution in [0, 0.1) is 11.7 Å². The van der Waals surface area contributed by atoms with Crippen LogP contribution in [0.25, 0.3) is 0 Å². The number of likely N-dealkylation sites (tertiary alicyclic amines) is 1. The number of hydrogen-bond acceptors (Lipinski definition) is 4. The third-order valence-electron chi connectivity index (χ3n) is 4.86. The van der Waals surface area contributed by atoms with E-state index in [9.17, 15) is 4.39 Å². The summed E-state index contributed by atoms with van der Waals surface area (Å²) in [6.07, 6.45) is 2.24. The van der Waals surface area contributed by atoms with Crippen LogP contribution >= 0.6 is 0 Å². The van der Waals surface area contributed by atoms with Crippen LogP contribution in [-0.2, 0) is 4.74 Å². The molecule has 0 amide bonds. The van der Waals surface area contributed by atoms with Gasteiger partial charge >= 0.3 is 0 Å². The van der Waals surface area contributed by atoms with E-state index < -0.39 is 0 Å². The van der Waals surface area contributed by atoms with E-state index in [1.807, 2.05) is 6.92 Å². The first-order chi connectivity index (χ1) is 13.6. The van der Waals surface area contributed by atoms with E-state index >= 15 is 0 Å². The van der Waals surface area contributed by atoms with Crippen molar-refractivity contribution in [3.05, 3.63) is 30.1 Å². The van der Waals surface area contributed by atoms with Crippen LogP contribution in [-0.4, -0.2) is 69.9 Å². The molecule has 6 nitrogen and oxygen atoms in total. The predicted molar refractivity (Wildman–Crippen MR) is 112 cm³/mol. The van der Waals surface area contributed by atoms with E-state index in [0.29, 0.717) is 18.2 Å². The summed E-state index contributed by atoms with van der Waals surface area (Å²) in [4.78, 5) is 7.08. The zero-order valence-electron chi connectivity index (χ0n) is 17.4. The first-order valence-electron chi connectivity index (χ1n) is 10.3. The molecule has 0 saturated carbocycles. The Hall–Kier alpha value is -1.86. The van der Waals surface area contributed by atoms with Crippen molar-refractivity contribution in [3.8, 4) is 5.75 Å². The molecule has 1 unspecified atom stereocenters. The molecule has 0 bridgehead atoms. The standard InChI is InChI=1S/C21H35FN4O2/c1-4-23-21(24-15-17(2)28-20-7-5-6-19(22)14-20)25-16-18-8-10-26(11-9-18)12-13-27-3/h5-7,14,17-18H,4,8-13,15-16H2,1-3H3,(H2,23,24,25). The van der Waals surface area contributed by atoms with Gasteiger partial charge in [0.05, 0.1) is 13.2 Å². The SMILES string of the molecule is CCNC(=NCC(C)Oc1cccc(F)c1)NCC1CCN(CCOC)CC1. The van der Waals surface area contributed by atoms with E-state index in [1.165, 1.54) is 25.0 Å². The number of nitrogens with one attached hydrogen (secondary N) is 2. The predicted octanol–water partition coefficient (Wildman–Crippen LogP) is 2.51. The van der Waals surface area contributed by atoms with Crippen LogP contribution in [0.5, 0.6) is 5.75 Å². The number of halogens is 1. The first-order valence-corrected chi connectivity index (χ1v) is 10.3. The highest BCUT2D eigenvalue weighted by Gasteiger charge is 2.19. The average molecular weight is 395 g/mol. The molecule has 0 aromatic heterocycles. The molecule has 28 heavy (non-hydrogen) atoms. The zero-order chi connectivity index (χ0) is 20.2. The minimum Gasteiger partial charge on any atom is -0.489 e. The van der Waals surface area contributed by atoms with Gasteiger partial charge in [-0.3, -0.25) is 0 Å². The van der Waals surface area contributed by atoms with E-state index in [-0.39, 0.29) is 11.9 Å². The van der Waals surface area contributed by atoms with Gasteiger partial charge in [-0.05, 0) is 57.8 Å². The van der Waals surface area contributed by atoms with Crippen molar-refractivity contribution in [1.82, 2.24) is 15.5 Å². The Morgan fingerprint density at radius 3 is 2.79 bits per heavy atom. The van der Waals surface area contributed by atoms with Crippen LogP contribution in [0.3, 0.4) is 0 Å². The Kier molecular flexibility index (Phi) is 10.1. The topological polar surface area (TPSA) is 58.1 Å². The molecular formula is C21H35FN4O2. The Balaban J connectivity index is 1.74. The maximum Gasteiger partial charge on any atom is 0.191 e. The molecule has 0 spiro atoms. The second-order valence-corrected chi connectivity index (χ2v) is 7.26. The van der Waals surface area contributed by atoms with E-state index in [1.54, 1.807) is 19.2 Å². The third kappa shape index (κ3) is 8.44. The monoisotopic (exact) mass is 394 g/mol. The van der Waals surface area contributed by atoms with Crippen molar-refractivity contribution in [2.45, 2.75) is 32.8 Å². The zero-order valence-corrected chi connectivity index (χ0v) is 17.4. The van der Waals surface area contributed by atoms with Crippen molar-refractivity contribution in [1.29, 1.82) is 0 Å². The van der Waals surface area contributed by atoms with Crippen molar-refractivity contribution < 1.29 is 13.9 Å². The maximum atomic E-state index is 13.3. The normalized spacial score (nSPS) is 17.4. The number of methoxy groups -OCH3 is 1. The fraction of sp³-hybridized carbons (Fsp3) is 0.667. The van der Waals surface area contributed by atoms with Crippen LogP contribution in [0.1, 0.15) is 26.7 Å². The van der Waals surface area contributed by atoms with E-state index in [0.717, 1.165) is 45.3 Å². The molecule has 1 heterocycles. The smallest absolute Gasteiger partial charge is 0.191 e. The quantitative estimate of drug-likeness (QED) is 0.472. The van der Waals surface area contributed by atoms with Crippen molar-refractivity contribution in [2.24, 2.45) is 10.9 Å². The van der Waals surface area contributed by atoms with Crippen LogP contribution in [0.15, 0.2) is 29.3 Å². The fourth-order valence-electron chi connectivity index (χ4n) is 3.25. The molecule has 2 rings (SSSR count). The van der Waals surface area contributed by atoms with E-state index in [2.05, 4.69) is 27.4 Å². The van der Waals surface area contributed by atoms with Gasteiger partial charge in [-0.25, -0.2) is 9.38 Å². The lowest BCUT2D eigenvalue weighted by atomic mass is 9.97. The van der Waals surface area contributed by atoms with Gasteiger partial charge in [0.1, 0.15) is 17.7 Å². The number of guanidine groups is 1. The number of nitrogens with zero attached hydrogens (tertiary/aromatic N) is 2. The highest BCUT2D eigenvalue weighted by atomic mass is 19.1. The van der Waals surface area contributed by atoms with Crippen LogP contribution in [0.2, 0.25) is 0 Å². The molecule has 1 saturated heterocycles. The molecule has 0 aliphatic carbocycles. The average Bonchev–Trinajstić information content (AvgIpc) is 2.69. The fourth-order valence-corrected chi connectivity index (χ4v) is 3.25. The van der Waals surface area contributed by atoms with Crippen LogP contribution < -0.4 is 15.4 Å². The van der Waals surface area contributed by atoms with Crippen molar-refractivity contribution in [3.63, 3.8) is 0 Å². The second-order valence-electron chi connectivity index (χ2n) is 7.26. The molecule has 1 aliphatic rings. The van der Waals surface area contributed by atoms with Crippen molar-refractivity contribution >= 4 is 5.96 Å². The Morgan fingerprint density at radius 2 is 2.11 bits per heavy atom. The number of rotatable bonds is 10. The van der Waals surface area contributed by atoms with Gasteiger partial charge in [-0.1, -0.05) is 6.07 Å². The summed E-state index contributed by atoms with van der Waals surface area (Å²) in [5.41, 5.74) is 0. The molecule has 7 heteroatoms. The second kappa shape index (κ2) is 12.6. The molecule has 1 aromatic carbocycles. The molecule has 1 atom stereocenters. The summed E-state index contributed by atoms with van der Waals surface area (Å²) in [7, 11) is 1.75. The van der Waals surface area contributed by atoms with Gasteiger partial charge in [0.25, 0.3) is 0 Å². The lowest BCUT2D eigenvalue weighted by molar-refractivity contribution is 0.121.